The van der Waals surface area contributed by atoms with Crippen LogP contribution in [0.3, 0.4) is 0 Å². The minimum absolute atomic E-state index is 0.110. The van der Waals surface area contributed by atoms with Crippen LogP contribution >= 0.6 is 0 Å². The van der Waals surface area contributed by atoms with Crippen molar-refractivity contribution >= 4 is 11.7 Å². The molecular formula is C16H19N3O. The standard InChI is InChI=1S/C16H19N3O/c1-19-9-12-7-8-16(13(12)10-19)15(20)17-14(18-16)11-5-3-2-4-6-11/h2-6,12-13H,7-10H2,1H3,(H,17,18,20)/t12-,13+,16-/m1/s1. The van der Waals surface area contributed by atoms with Gasteiger partial charge in [-0.15, -0.1) is 0 Å². The molecule has 2 aliphatic heterocycles. The molecule has 20 heavy (non-hydrogen) atoms. The van der Waals surface area contributed by atoms with E-state index in [-0.39, 0.29) is 5.91 Å². The van der Waals surface area contributed by atoms with E-state index in [0.717, 1.165) is 37.3 Å². The molecule has 104 valence electrons. The van der Waals surface area contributed by atoms with Gasteiger partial charge in [-0.05, 0) is 25.8 Å². The number of likely N-dealkylation sites (tertiary alicyclic amines) is 1. The number of aliphatic imine (C=N–C) groups is 1. The maximum absolute atomic E-state index is 12.6. The Kier molecular flexibility index (Phi) is 2.51. The summed E-state index contributed by atoms with van der Waals surface area (Å²) >= 11 is 0. The van der Waals surface area contributed by atoms with Crippen LogP contribution < -0.4 is 5.32 Å². The molecule has 1 saturated carbocycles. The molecule has 1 aromatic rings. The molecule has 1 N–H and O–H groups in total. The molecule has 4 rings (SSSR count). The Balaban J connectivity index is 1.72. The highest BCUT2D eigenvalue weighted by atomic mass is 16.2. The van der Waals surface area contributed by atoms with Crippen LogP contribution in [0.5, 0.6) is 0 Å². The fourth-order valence-corrected chi connectivity index (χ4v) is 4.16. The Morgan fingerprint density at radius 1 is 1.30 bits per heavy atom. The summed E-state index contributed by atoms with van der Waals surface area (Å²) in [6.45, 7) is 2.10. The zero-order valence-electron chi connectivity index (χ0n) is 11.7. The lowest BCUT2D eigenvalue weighted by atomic mass is 9.85. The maximum atomic E-state index is 12.6. The number of carbonyl (C=O) groups excluding carboxylic acids is 1. The summed E-state index contributed by atoms with van der Waals surface area (Å²) < 4.78 is 0. The number of hydrogen-bond acceptors (Lipinski definition) is 3. The Morgan fingerprint density at radius 2 is 2.10 bits per heavy atom. The second-order valence-electron chi connectivity index (χ2n) is 6.33. The zero-order valence-corrected chi connectivity index (χ0v) is 11.7. The van der Waals surface area contributed by atoms with E-state index in [0.29, 0.717) is 11.8 Å². The fourth-order valence-electron chi connectivity index (χ4n) is 4.16. The number of benzene rings is 1. The van der Waals surface area contributed by atoms with Crippen molar-refractivity contribution in [3.8, 4) is 0 Å². The first-order valence-corrected chi connectivity index (χ1v) is 7.34. The molecule has 1 spiro atoms. The van der Waals surface area contributed by atoms with E-state index < -0.39 is 5.54 Å². The summed E-state index contributed by atoms with van der Waals surface area (Å²) in [5, 5.41) is 3.02. The average Bonchev–Trinajstić information content (AvgIpc) is 3.08. The van der Waals surface area contributed by atoms with Gasteiger partial charge in [0.15, 0.2) is 0 Å². The molecule has 0 bridgehead atoms. The Morgan fingerprint density at radius 3 is 2.90 bits per heavy atom. The lowest BCUT2D eigenvalue weighted by molar-refractivity contribution is -0.124. The molecule has 1 aliphatic carbocycles. The molecule has 4 heteroatoms. The third kappa shape index (κ3) is 1.57. The third-order valence-electron chi connectivity index (χ3n) is 5.12. The van der Waals surface area contributed by atoms with E-state index >= 15 is 0 Å². The first-order chi connectivity index (χ1) is 9.69. The third-order valence-corrected chi connectivity index (χ3v) is 5.12. The van der Waals surface area contributed by atoms with Crippen LogP contribution in [0.1, 0.15) is 18.4 Å². The largest absolute Gasteiger partial charge is 0.308 e. The average molecular weight is 269 g/mol. The van der Waals surface area contributed by atoms with Crippen LogP contribution in [0, 0.1) is 11.8 Å². The van der Waals surface area contributed by atoms with E-state index in [1.807, 2.05) is 30.3 Å². The van der Waals surface area contributed by atoms with Crippen molar-refractivity contribution < 1.29 is 4.79 Å². The van der Waals surface area contributed by atoms with E-state index in [2.05, 4.69) is 17.3 Å². The monoisotopic (exact) mass is 269 g/mol. The van der Waals surface area contributed by atoms with Gasteiger partial charge in [0.1, 0.15) is 11.4 Å². The fraction of sp³-hybridized carbons (Fsp3) is 0.500. The first-order valence-electron chi connectivity index (χ1n) is 7.34. The van der Waals surface area contributed by atoms with Gasteiger partial charge in [-0.2, -0.15) is 0 Å². The van der Waals surface area contributed by atoms with Gasteiger partial charge in [-0.3, -0.25) is 9.79 Å². The lowest BCUT2D eigenvalue weighted by Crippen LogP contribution is -2.44. The van der Waals surface area contributed by atoms with Crippen LogP contribution in [0.2, 0.25) is 0 Å². The van der Waals surface area contributed by atoms with E-state index in [9.17, 15) is 4.79 Å². The summed E-state index contributed by atoms with van der Waals surface area (Å²) in [6, 6.07) is 9.95. The Labute approximate surface area is 118 Å². The second-order valence-corrected chi connectivity index (χ2v) is 6.33. The summed E-state index contributed by atoms with van der Waals surface area (Å²) in [5.41, 5.74) is 0.508. The predicted molar refractivity (Wildman–Crippen MR) is 77.6 cm³/mol. The molecule has 2 heterocycles. The van der Waals surface area contributed by atoms with Crippen molar-refractivity contribution in [1.29, 1.82) is 0 Å². The molecule has 1 saturated heterocycles. The summed E-state index contributed by atoms with van der Waals surface area (Å²) in [6.07, 6.45) is 2.02. The molecule has 0 radical (unpaired) electrons. The summed E-state index contributed by atoms with van der Waals surface area (Å²) in [7, 11) is 2.14. The smallest absolute Gasteiger partial charge is 0.253 e. The Bertz CT molecular complexity index is 583. The van der Waals surface area contributed by atoms with Crippen LogP contribution in [0.4, 0.5) is 0 Å². The van der Waals surface area contributed by atoms with Gasteiger partial charge in [0.25, 0.3) is 5.91 Å². The number of fused-ring (bicyclic) bond motifs is 2. The quantitative estimate of drug-likeness (QED) is 0.834. The zero-order chi connectivity index (χ0) is 13.7. The van der Waals surface area contributed by atoms with E-state index in [1.165, 1.54) is 0 Å². The van der Waals surface area contributed by atoms with Crippen LogP contribution in [-0.2, 0) is 4.79 Å². The minimum atomic E-state index is -0.499. The second kappa shape index (κ2) is 4.16. The minimum Gasteiger partial charge on any atom is -0.308 e. The summed E-state index contributed by atoms with van der Waals surface area (Å²) in [5.74, 6) is 1.88. The molecule has 0 aromatic heterocycles. The molecule has 1 aromatic carbocycles. The first kappa shape index (κ1) is 12.1. The molecule has 3 aliphatic rings. The van der Waals surface area contributed by atoms with Crippen LogP contribution in [-0.4, -0.2) is 42.3 Å². The highest BCUT2D eigenvalue weighted by molar-refractivity contribution is 6.15. The van der Waals surface area contributed by atoms with Crippen molar-refractivity contribution in [2.45, 2.75) is 18.4 Å². The van der Waals surface area contributed by atoms with Crippen molar-refractivity contribution in [3.05, 3.63) is 35.9 Å². The number of nitrogens with zero attached hydrogens (tertiary/aromatic N) is 2. The highest BCUT2D eigenvalue weighted by Crippen LogP contribution is 2.48. The van der Waals surface area contributed by atoms with Crippen molar-refractivity contribution in [3.63, 3.8) is 0 Å². The van der Waals surface area contributed by atoms with Crippen molar-refractivity contribution in [2.75, 3.05) is 20.1 Å². The highest BCUT2D eigenvalue weighted by Gasteiger charge is 2.58. The van der Waals surface area contributed by atoms with Gasteiger partial charge in [0.05, 0.1) is 0 Å². The Hall–Kier alpha value is -1.68. The number of carbonyl (C=O) groups is 1. The van der Waals surface area contributed by atoms with Crippen LogP contribution in [0.25, 0.3) is 0 Å². The molecular weight excluding hydrogens is 250 g/mol. The van der Waals surface area contributed by atoms with E-state index in [4.69, 9.17) is 4.99 Å². The topological polar surface area (TPSA) is 44.7 Å². The number of amidine groups is 1. The van der Waals surface area contributed by atoms with Crippen molar-refractivity contribution in [1.82, 2.24) is 10.2 Å². The molecule has 0 unspecified atom stereocenters. The molecule has 3 atom stereocenters. The number of amides is 1. The summed E-state index contributed by atoms with van der Waals surface area (Å²) in [4.78, 5) is 19.8. The van der Waals surface area contributed by atoms with E-state index in [1.54, 1.807) is 0 Å². The molecule has 4 nitrogen and oxygen atoms in total. The number of rotatable bonds is 1. The molecule has 1 amide bonds. The predicted octanol–water partition coefficient (Wildman–Crippen LogP) is 1.27. The normalized spacial score (nSPS) is 36.2. The number of nitrogens with one attached hydrogen (secondary N) is 1. The number of hydrogen-bond donors (Lipinski definition) is 1. The van der Waals surface area contributed by atoms with Gasteiger partial charge in [0.2, 0.25) is 0 Å². The maximum Gasteiger partial charge on any atom is 0.253 e. The SMILES string of the molecule is CN1C[C@H]2CC[C@@]3(N=C(c4ccccc4)NC3=O)[C@H]2C1. The lowest BCUT2D eigenvalue weighted by Gasteiger charge is -2.24. The van der Waals surface area contributed by atoms with Crippen molar-refractivity contribution in [2.24, 2.45) is 16.8 Å². The van der Waals surface area contributed by atoms with Gasteiger partial charge < -0.3 is 10.2 Å². The molecule has 2 fully saturated rings. The van der Waals surface area contributed by atoms with Gasteiger partial charge in [-0.25, -0.2) is 0 Å². The van der Waals surface area contributed by atoms with Gasteiger partial charge >= 0.3 is 0 Å². The van der Waals surface area contributed by atoms with Gasteiger partial charge in [0, 0.05) is 24.6 Å². The van der Waals surface area contributed by atoms with Crippen LogP contribution in [0.15, 0.2) is 35.3 Å². The van der Waals surface area contributed by atoms with Gasteiger partial charge in [-0.1, -0.05) is 30.3 Å².